The van der Waals surface area contributed by atoms with Gasteiger partial charge in [-0.15, -0.1) is 10.2 Å². The molecule has 0 amide bonds. The second kappa shape index (κ2) is 6.89. The lowest BCUT2D eigenvalue weighted by atomic mass is 10.2. The molecular weight excluding hydrogens is 384 g/mol. The van der Waals surface area contributed by atoms with Crippen LogP contribution in [0.5, 0.6) is 0 Å². The van der Waals surface area contributed by atoms with Crippen LogP contribution >= 0.6 is 11.6 Å². The van der Waals surface area contributed by atoms with Crippen LogP contribution in [0, 0.1) is 6.92 Å². The molecule has 0 radical (unpaired) electrons. The van der Waals surface area contributed by atoms with Gasteiger partial charge >= 0.3 is 0 Å². The number of H-pyrrole nitrogens is 1. The van der Waals surface area contributed by atoms with E-state index in [0.717, 1.165) is 0 Å². The number of nitrogens with two attached hydrogens (primary N) is 1. The maximum Gasteiger partial charge on any atom is 0.260 e. The third-order valence-electron chi connectivity index (χ3n) is 4.08. The Morgan fingerprint density at radius 2 is 2.11 bits per heavy atom. The second-order valence-electron chi connectivity index (χ2n) is 6.06. The van der Waals surface area contributed by atoms with Crippen molar-refractivity contribution >= 4 is 34.1 Å². The van der Waals surface area contributed by atoms with Gasteiger partial charge in [-0.25, -0.2) is 15.0 Å². The maximum atomic E-state index is 12.4. The zero-order valence-electron chi connectivity index (χ0n) is 14.9. The van der Waals surface area contributed by atoms with Crippen LogP contribution in [-0.2, 0) is 0 Å². The van der Waals surface area contributed by atoms with Crippen LogP contribution in [0.1, 0.15) is 24.7 Å². The Morgan fingerprint density at radius 3 is 2.86 bits per heavy atom. The molecule has 11 heteroatoms. The summed E-state index contributed by atoms with van der Waals surface area (Å²) in [7, 11) is 0. The molecule has 10 nitrogen and oxygen atoms in total. The number of hydrogen-bond donors (Lipinski definition) is 3. The topological polar surface area (TPSA) is 148 Å². The first kappa shape index (κ1) is 17.9. The van der Waals surface area contributed by atoms with Gasteiger partial charge in [0, 0.05) is 6.92 Å². The van der Waals surface area contributed by atoms with Gasteiger partial charge in [0.15, 0.2) is 0 Å². The molecule has 3 heterocycles. The zero-order valence-corrected chi connectivity index (χ0v) is 15.7. The molecule has 1 atom stereocenters. The number of aromatic nitrogens is 6. The van der Waals surface area contributed by atoms with Crippen LogP contribution in [0.25, 0.3) is 22.4 Å². The van der Waals surface area contributed by atoms with Gasteiger partial charge < -0.3 is 20.5 Å². The highest BCUT2D eigenvalue weighted by Gasteiger charge is 2.20. The molecular formula is C17H15ClN8O2. The van der Waals surface area contributed by atoms with Crippen molar-refractivity contribution in [3.05, 3.63) is 51.6 Å². The molecule has 1 aromatic carbocycles. The molecule has 28 heavy (non-hydrogen) atoms. The highest BCUT2D eigenvalue weighted by molar-refractivity contribution is 6.35. The monoisotopic (exact) mass is 398 g/mol. The number of nitrogen functional groups attached to an aromatic ring is 1. The van der Waals surface area contributed by atoms with Gasteiger partial charge in [-0.1, -0.05) is 17.7 Å². The summed E-state index contributed by atoms with van der Waals surface area (Å²) in [5.41, 5.74) is 6.53. The van der Waals surface area contributed by atoms with Gasteiger partial charge in [0.1, 0.15) is 29.4 Å². The van der Waals surface area contributed by atoms with Gasteiger partial charge in [-0.2, -0.15) is 0 Å². The Hall–Kier alpha value is -3.53. The first-order valence-electron chi connectivity index (χ1n) is 8.30. The van der Waals surface area contributed by atoms with E-state index in [2.05, 4.69) is 35.5 Å². The van der Waals surface area contributed by atoms with Crippen LogP contribution in [0.3, 0.4) is 0 Å². The average Bonchev–Trinajstić information content (AvgIpc) is 3.07. The fourth-order valence-electron chi connectivity index (χ4n) is 2.76. The molecule has 4 aromatic rings. The van der Waals surface area contributed by atoms with E-state index in [0.29, 0.717) is 39.0 Å². The van der Waals surface area contributed by atoms with Gasteiger partial charge in [-0.05, 0) is 19.1 Å². The molecule has 3 aromatic heterocycles. The van der Waals surface area contributed by atoms with Crippen LogP contribution in [0.15, 0.2) is 33.7 Å². The molecule has 142 valence electrons. The number of aryl methyl sites for hydroxylation is 1. The first-order valence-corrected chi connectivity index (χ1v) is 8.67. The summed E-state index contributed by atoms with van der Waals surface area (Å²) in [5.74, 6) is 1.54. The number of anilines is 2. The Labute approximate surface area is 163 Å². The fourth-order valence-corrected chi connectivity index (χ4v) is 3.02. The Morgan fingerprint density at radius 1 is 1.29 bits per heavy atom. The van der Waals surface area contributed by atoms with E-state index in [1.54, 1.807) is 25.1 Å². The molecule has 0 fully saturated rings. The number of benzene rings is 1. The van der Waals surface area contributed by atoms with E-state index in [1.165, 1.54) is 6.33 Å². The van der Waals surface area contributed by atoms with Crippen molar-refractivity contribution in [3.63, 3.8) is 0 Å². The minimum absolute atomic E-state index is 0.181. The predicted octanol–water partition coefficient (Wildman–Crippen LogP) is 2.48. The summed E-state index contributed by atoms with van der Waals surface area (Å²) < 4.78 is 5.46. The lowest BCUT2D eigenvalue weighted by Gasteiger charge is -2.16. The number of rotatable bonds is 4. The van der Waals surface area contributed by atoms with Gasteiger partial charge in [0.2, 0.25) is 5.89 Å². The Kier molecular flexibility index (Phi) is 4.40. The lowest BCUT2D eigenvalue weighted by molar-refractivity contribution is 0.532. The van der Waals surface area contributed by atoms with Crippen molar-refractivity contribution in [3.8, 4) is 11.5 Å². The molecule has 4 rings (SSSR count). The van der Waals surface area contributed by atoms with Crippen LogP contribution in [0.2, 0.25) is 5.02 Å². The van der Waals surface area contributed by atoms with Gasteiger partial charge in [-0.3, -0.25) is 4.79 Å². The molecule has 0 aliphatic rings. The smallest absolute Gasteiger partial charge is 0.260 e. The van der Waals surface area contributed by atoms with E-state index in [4.69, 9.17) is 21.8 Å². The molecule has 0 aliphatic carbocycles. The van der Waals surface area contributed by atoms with Crippen molar-refractivity contribution in [2.45, 2.75) is 19.9 Å². The number of nitrogens with one attached hydrogen (secondary N) is 2. The number of aromatic amines is 1. The first-order chi connectivity index (χ1) is 13.4. The molecule has 1 unspecified atom stereocenters. The number of fused-ring (bicyclic) bond motifs is 1. The van der Waals surface area contributed by atoms with Crippen LogP contribution < -0.4 is 16.6 Å². The SMILES string of the molecule is Cc1nnc(-c2c(N)ncnc2NC(C)c2nc3cccc(Cl)c3c(=O)[nH]2)o1. The van der Waals surface area contributed by atoms with Crippen molar-refractivity contribution in [2.24, 2.45) is 0 Å². The number of nitrogens with zero attached hydrogens (tertiary/aromatic N) is 5. The quantitative estimate of drug-likeness (QED) is 0.471. The summed E-state index contributed by atoms with van der Waals surface area (Å²) in [6.07, 6.45) is 1.31. The fraction of sp³-hybridized carbons (Fsp3) is 0.176. The highest BCUT2D eigenvalue weighted by Crippen LogP contribution is 2.31. The molecule has 0 spiro atoms. The molecule has 0 aliphatic heterocycles. The van der Waals surface area contributed by atoms with Crippen molar-refractivity contribution in [1.29, 1.82) is 0 Å². The third-order valence-corrected chi connectivity index (χ3v) is 4.40. The van der Waals surface area contributed by atoms with E-state index in [-0.39, 0.29) is 17.3 Å². The van der Waals surface area contributed by atoms with Gasteiger partial charge in [0.05, 0.1) is 22.0 Å². The average molecular weight is 399 g/mol. The summed E-state index contributed by atoms with van der Waals surface area (Å²) in [6.45, 7) is 3.48. The predicted molar refractivity (Wildman–Crippen MR) is 104 cm³/mol. The minimum Gasteiger partial charge on any atom is -0.421 e. The normalized spacial score (nSPS) is 12.2. The summed E-state index contributed by atoms with van der Waals surface area (Å²) in [5, 5.41) is 11.6. The van der Waals surface area contributed by atoms with Gasteiger partial charge in [0.25, 0.3) is 11.4 Å². The Bertz CT molecular complexity index is 1240. The van der Waals surface area contributed by atoms with E-state index < -0.39 is 6.04 Å². The summed E-state index contributed by atoms with van der Waals surface area (Å²) in [6, 6.07) is 4.68. The summed E-state index contributed by atoms with van der Waals surface area (Å²) in [4.78, 5) is 27.9. The molecule has 4 N–H and O–H groups in total. The zero-order chi connectivity index (χ0) is 19.8. The third kappa shape index (κ3) is 3.14. The lowest BCUT2D eigenvalue weighted by Crippen LogP contribution is -2.19. The van der Waals surface area contributed by atoms with Crippen molar-refractivity contribution < 1.29 is 4.42 Å². The van der Waals surface area contributed by atoms with E-state index >= 15 is 0 Å². The molecule has 0 saturated carbocycles. The maximum absolute atomic E-state index is 12.4. The molecule has 0 saturated heterocycles. The van der Waals surface area contributed by atoms with Crippen LogP contribution in [0.4, 0.5) is 11.6 Å². The van der Waals surface area contributed by atoms with E-state index in [9.17, 15) is 4.79 Å². The summed E-state index contributed by atoms with van der Waals surface area (Å²) >= 11 is 6.10. The van der Waals surface area contributed by atoms with Crippen molar-refractivity contribution in [2.75, 3.05) is 11.1 Å². The molecule has 0 bridgehead atoms. The highest BCUT2D eigenvalue weighted by atomic mass is 35.5. The Balaban J connectivity index is 1.74. The standard InChI is InChI=1S/C17H15ClN8O2/c1-7(14-23-10-5-3-4-9(18)11(10)16(27)24-14)22-15-12(13(19)20-6-21-15)17-26-25-8(2)28-17/h3-7H,1-2H3,(H,23,24,27)(H3,19,20,21,22). The van der Waals surface area contributed by atoms with Crippen molar-refractivity contribution in [1.82, 2.24) is 30.1 Å². The number of halogens is 1. The minimum atomic E-state index is -0.423. The second-order valence-corrected chi connectivity index (χ2v) is 6.47. The van der Waals surface area contributed by atoms with E-state index in [1.807, 2.05) is 6.92 Å². The largest absolute Gasteiger partial charge is 0.421 e. The van der Waals surface area contributed by atoms with Crippen LogP contribution in [-0.4, -0.2) is 30.1 Å². The number of hydrogen-bond acceptors (Lipinski definition) is 9.